The molecule has 2 rings (SSSR count). The zero-order valence-electron chi connectivity index (χ0n) is 9.34. The first kappa shape index (κ1) is 12.0. The standard InChI is InChI=1S/C10H14FN3O3/c1-10(11)4-6(5-15)17-8(10)14-3-2-7(12)13-9(14)16/h2-3,6,8,15H,4-5H2,1H3,(H2,12,13,16)/t6-,8+,10+/m0/s1. The Labute approximate surface area is 96.8 Å². The third kappa shape index (κ3) is 2.16. The largest absolute Gasteiger partial charge is 0.394 e. The fourth-order valence-electron chi connectivity index (χ4n) is 1.99. The average Bonchev–Trinajstić information content (AvgIpc) is 2.54. The van der Waals surface area contributed by atoms with Gasteiger partial charge in [-0.05, 0) is 13.0 Å². The van der Waals surface area contributed by atoms with E-state index in [-0.39, 0.29) is 18.8 Å². The number of hydrogen-bond acceptors (Lipinski definition) is 5. The molecule has 3 atom stereocenters. The van der Waals surface area contributed by atoms with Crippen molar-refractivity contribution in [1.82, 2.24) is 9.55 Å². The van der Waals surface area contributed by atoms with Gasteiger partial charge >= 0.3 is 5.69 Å². The maximum Gasteiger partial charge on any atom is 0.351 e. The molecule has 7 heteroatoms. The predicted octanol–water partition coefficient (Wildman–Crippen LogP) is -0.166. The molecule has 0 bridgehead atoms. The molecule has 0 aliphatic carbocycles. The monoisotopic (exact) mass is 243 g/mol. The number of ether oxygens (including phenoxy) is 1. The third-order valence-electron chi connectivity index (χ3n) is 2.77. The van der Waals surface area contributed by atoms with Crippen molar-refractivity contribution in [2.75, 3.05) is 12.3 Å². The van der Waals surface area contributed by atoms with Crippen LogP contribution in [-0.2, 0) is 4.74 Å². The molecule has 0 radical (unpaired) electrons. The van der Waals surface area contributed by atoms with Crippen molar-refractivity contribution in [1.29, 1.82) is 0 Å². The van der Waals surface area contributed by atoms with Crippen molar-refractivity contribution in [2.45, 2.75) is 31.3 Å². The van der Waals surface area contributed by atoms with E-state index in [4.69, 9.17) is 15.6 Å². The molecule has 0 aromatic carbocycles. The molecular weight excluding hydrogens is 229 g/mol. The van der Waals surface area contributed by atoms with E-state index in [1.54, 1.807) is 0 Å². The molecule has 6 nitrogen and oxygen atoms in total. The lowest BCUT2D eigenvalue weighted by Crippen LogP contribution is -2.35. The fraction of sp³-hybridized carbons (Fsp3) is 0.600. The van der Waals surface area contributed by atoms with Crippen LogP contribution in [0.3, 0.4) is 0 Å². The lowest BCUT2D eigenvalue weighted by molar-refractivity contribution is -0.0609. The number of aliphatic hydroxyl groups is 1. The molecule has 1 saturated heterocycles. The molecule has 94 valence electrons. The van der Waals surface area contributed by atoms with Gasteiger partial charge in [0, 0.05) is 12.6 Å². The van der Waals surface area contributed by atoms with Gasteiger partial charge in [-0.3, -0.25) is 4.57 Å². The fourth-order valence-corrected chi connectivity index (χ4v) is 1.99. The number of anilines is 1. The summed E-state index contributed by atoms with van der Waals surface area (Å²) in [7, 11) is 0. The number of rotatable bonds is 2. The first-order valence-corrected chi connectivity index (χ1v) is 5.24. The van der Waals surface area contributed by atoms with Crippen LogP contribution in [-0.4, -0.2) is 33.0 Å². The number of nitrogens with two attached hydrogens (primary N) is 1. The summed E-state index contributed by atoms with van der Waals surface area (Å²) in [6, 6.07) is 1.40. The van der Waals surface area contributed by atoms with E-state index < -0.39 is 23.7 Å². The van der Waals surface area contributed by atoms with Crippen molar-refractivity contribution in [3.63, 3.8) is 0 Å². The minimum atomic E-state index is -1.73. The van der Waals surface area contributed by atoms with Crippen LogP contribution in [0.4, 0.5) is 10.2 Å². The van der Waals surface area contributed by atoms with Gasteiger partial charge in [0.2, 0.25) is 0 Å². The minimum Gasteiger partial charge on any atom is -0.394 e. The highest BCUT2D eigenvalue weighted by molar-refractivity contribution is 5.23. The van der Waals surface area contributed by atoms with E-state index in [9.17, 15) is 9.18 Å². The summed E-state index contributed by atoms with van der Waals surface area (Å²) in [5.41, 5.74) is 2.95. The Morgan fingerprint density at radius 1 is 1.82 bits per heavy atom. The van der Waals surface area contributed by atoms with Gasteiger partial charge < -0.3 is 15.6 Å². The molecule has 0 amide bonds. The molecule has 3 N–H and O–H groups in total. The highest BCUT2D eigenvalue weighted by Gasteiger charge is 2.47. The van der Waals surface area contributed by atoms with Crippen molar-refractivity contribution in [3.05, 3.63) is 22.7 Å². The van der Waals surface area contributed by atoms with Crippen LogP contribution >= 0.6 is 0 Å². The zero-order valence-corrected chi connectivity index (χ0v) is 9.34. The third-order valence-corrected chi connectivity index (χ3v) is 2.77. The second-order valence-corrected chi connectivity index (χ2v) is 4.32. The van der Waals surface area contributed by atoms with Crippen LogP contribution in [0.2, 0.25) is 0 Å². The van der Waals surface area contributed by atoms with Crippen LogP contribution < -0.4 is 11.4 Å². The topological polar surface area (TPSA) is 90.4 Å². The number of halogens is 1. The minimum absolute atomic E-state index is 0.0327. The number of nitrogen functional groups attached to an aromatic ring is 1. The number of alkyl halides is 1. The van der Waals surface area contributed by atoms with Crippen molar-refractivity contribution in [2.24, 2.45) is 0 Å². The van der Waals surface area contributed by atoms with E-state index in [0.717, 1.165) is 4.57 Å². The summed E-state index contributed by atoms with van der Waals surface area (Å²) < 4.78 is 20.6. The molecule has 1 aromatic rings. The van der Waals surface area contributed by atoms with E-state index >= 15 is 0 Å². The predicted molar refractivity (Wildman–Crippen MR) is 58.0 cm³/mol. The molecular formula is C10H14FN3O3. The Bertz CT molecular complexity index is 474. The summed E-state index contributed by atoms with van der Waals surface area (Å²) in [5, 5.41) is 8.96. The molecule has 17 heavy (non-hydrogen) atoms. The number of aliphatic hydroxyl groups excluding tert-OH is 1. The van der Waals surface area contributed by atoms with Gasteiger partial charge in [-0.15, -0.1) is 0 Å². The molecule has 0 unspecified atom stereocenters. The van der Waals surface area contributed by atoms with Crippen molar-refractivity contribution < 1.29 is 14.2 Å². The van der Waals surface area contributed by atoms with Gasteiger partial charge in [-0.2, -0.15) is 4.98 Å². The smallest absolute Gasteiger partial charge is 0.351 e. The quantitative estimate of drug-likeness (QED) is 0.752. The van der Waals surface area contributed by atoms with E-state index in [2.05, 4.69) is 4.98 Å². The van der Waals surface area contributed by atoms with E-state index in [0.29, 0.717) is 0 Å². The number of nitrogens with zero attached hydrogens (tertiary/aromatic N) is 2. The Kier molecular flexibility index (Phi) is 2.88. The first-order valence-electron chi connectivity index (χ1n) is 5.24. The maximum absolute atomic E-state index is 14.2. The van der Waals surface area contributed by atoms with Gasteiger partial charge in [0.15, 0.2) is 11.9 Å². The Hall–Kier alpha value is -1.47. The zero-order chi connectivity index (χ0) is 12.6. The Morgan fingerprint density at radius 3 is 3.06 bits per heavy atom. The Balaban J connectivity index is 2.37. The molecule has 0 saturated carbocycles. The Morgan fingerprint density at radius 2 is 2.53 bits per heavy atom. The van der Waals surface area contributed by atoms with E-state index in [1.807, 2.05) is 0 Å². The summed E-state index contributed by atoms with van der Waals surface area (Å²) in [5.74, 6) is 0.0727. The number of hydrogen-bond donors (Lipinski definition) is 2. The lowest BCUT2D eigenvalue weighted by atomic mass is 10.0. The second-order valence-electron chi connectivity index (χ2n) is 4.32. The van der Waals surface area contributed by atoms with Gasteiger partial charge in [-0.25, -0.2) is 9.18 Å². The van der Waals surface area contributed by atoms with Gasteiger partial charge in [0.05, 0.1) is 12.7 Å². The van der Waals surface area contributed by atoms with Gasteiger partial charge in [0.1, 0.15) is 5.82 Å². The molecule has 2 heterocycles. The van der Waals surface area contributed by atoms with Crippen LogP contribution in [0.5, 0.6) is 0 Å². The van der Waals surface area contributed by atoms with Gasteiger partial charge in [-0.1, -0.05) is 0 Å². The van der Waals surface area contributed by atoms with Crippen LogP contribution in [0, 0.1) is 0 Å². The molecule has 1 aliphatic heterocycles. The summed E-state index contributed by atoms with van der Waals surface area (Å²) in [6.45, 7) is 1.04. The summed E-state index contributed by atoms with van der Waals surface area (Å²) in [6.07, 6.45) is -0.322. The maximum atomic E-state index is 14.2. The van der Waals surface area contributed by atoms with Crippen LogP contribution in [0.25, 0.3) is 0 Å². The molecule has 1 fully saturated rings. The summed E-state index contributed by atoms with van der Waals surface area (Å²) >= 11 is 0. The van der Waals surface area contributed by atoms with Crippen molar-refractivity contribution in [3.8, 4) is 0 Å². The van der Waals surface area contributed by atoms with Crippen LogP contribution in [0.1, 0.15) is 19.6 Å². The average molecular weight is 243 g/mol. The number of aromatic nitrogens is 2. The normalized spacial score (nSPS) is 32.9. The SMILES string of the molecule is C[C@@]1(F)C[C@@H](CO)O[C@H]1n1ccc(N)nc1=O. The lowest BCUT2D eigenvalue weighted by Gasteiger charge is -2.22. The van der Waals surface area contributed by atoms with E-state index in [1.165, 1.54) is 19.2 Å². The molecule has 1 aliphatic rings. The highest BCUT2D eigenvalue weighted by atomic mass is 19.1. The second kappa shape index (κ2) is 4.08. The summed E-state index contributed by atoms with van der Waals surface area (Å²) in [4.78, 5) is 15.1. The first-order chi connectivity index (χ1) is 7.94. The van der Waals surface area contributed by atoms with Crippen molar-refractivity contribution >= 4 is 5.82 Å². The van der Waals surface area contributed by atoms with Gasteiger partial charge in [0.25, 0.3) is 0 Å². The van der Waals surface area contributed by atoms with Crippen LogP contribution in [0.15, 0.2) is 17.1 Å². The molecule has 1 aromatic heterocycles. The highest BCUT2D eigenvalue weighted by Crippen LogP contribution is 2.39. The molecule has 0 spiro atoms.